The molecule has 1 atom stereocenters. The molecule has 238 valence electrons. The molecule has 2 aliphatic heterocycles. The van der Waals surface area contributed by atoms with E-state index in [-0.39, 0.29) is 22.1 Å². The Balaban J connectivity index is 0.000000151. The molecule has 6 aromatic rings. The van der Waals surface area contributed by atoms with E-state index >= 15 is 0 Å². The second-order valence-electron chi connectivity index (χ2n) is 11.1. The Morgan fingerprint density at radius 2 is 1.40 bits per heavy atom. The van der Waals surface area contributed by atoms with Gasteiger partial charge in [-0.2, -0.15) is 13.2 Å². The summed E-state index contributed by atoms with van der Waals surface area (Å²) < 4.78 is 42.1. The molecular formula is C34H23Cl2F3N4O2S2. The largest absolute Gasteiger partial charge is 0.416 e. The lowest BCUT2D eigenvalue weighted by Crippen LogP contribution is -2.24. The summed E-state index contributed by atoms with van der Waals surface area (Å²) in [4.78, 5) is 36.6. The molecule has 0 saturated carbocycles. The van der Waals surface area contributed by atoms with Crippen LogP contribution in [-0.2, 0) is 19.0 Å². The lowest BCUT2D eigenvalue weighted by molar-refractivity contribution is -0.137. The summed E-state index contributed by atoms with van der Waals surface area (Å²) in [6, 6.07) is 17.4. The molecule has 0 fully saturated rings. The van der Waals surface area contributed by atoms with E-state index in [1.807, 2.05) is 25.1 Å². The average molecular weight is 712 g/mol. The number of pyridine rings is 4. The predicted octanol–water partition coefficient (Wildman–Crippen LogP) is 8.78. The standard InChI is InChI=1S/C18H13F3N2OS.C16H10Cl2N2OS/c1-10-8-14-15(25-10)13-6-3-7-22-16(13)23(17(14)24)12-5-2-4-11(9-12)18(19,20)21;17-9-6-10(18)8-11(7-9)20-15-12(2-1-4-19-15)14-13(16(20)21)3-5-22-14/h2-7,9-10H,8H2,1H3;1-2,4,6-8H,3,5H2. The lowest BCUT2D eigenvalue weighted by atomic mass is 10.1. The third-order valence-corrected chi connectivity index (χ3v) is 10.8. The molecule has 4 aromatic heterocycles. The third-order valence-electron chi connectivity index (χ3n) is 7.90. The summed E-state index contributed by atoms with van der Waals surface area (Å²) in [5.74, 6) is 0.925. The number of fused-ring (bicyclic) bond motifs is 6. The van der Waals surface area contributed by atoms with Gasteiger partial charge in [0, 0.05) is 65.1 Å². The van der Waals surface area contributed by atoms with Gasteiger partial charge in [0.15, 0.2) is 0 Å². The molecule has 47 heavy (non-hydrogen) atoms. The number of halogens is 5. The van der Waals surface area contributed by atoms with Crippen LogP contribution in [0.2, 0.25) is 10.0 Å². The maximum Gasteiger partial charge on any atom is 0.416 e. The van der Waals surface area contributed by atoms with Gasteiger partial charge in [-0.15, -0.1) is 23.5 Å². The van der Waals surface area contributed by atoms with E-state index in [0.717, 1.165) is 50.4 Å². The van der Waals surface area contributed by atoms with Gasteiger partial charge in [-0.1, -0.05) is 36.2 Å². The van der Waals surface area contributed by atoms with Crippen LogP contribution in [0.15, 0.2) is 98.5 Å². The van der Waals surface area contributed by atoms with Crippen molar-refractivity contribution < 1.29 is 13.2 Å². The molecule has 0 spiro atoms. The fourth-order valence-corrected chi connectivity index (χ4v) is 8.90. The highest BCUT2D eigenvalue weighted by Crippen LogP contribution is 2.40. The summed E-state index contributed by atoms with van der Waals surface area (Å²) in [5.41, 5.74) is 2.22. The minimum absolute atomic E-state index is 0.0375. The number of aromatic nitrogens is 4. The summed E-state index contributed by atoms with van der Waals surface area (Å²) in [6.07, 6.45) is 0.141. The first-order valence-corrected chi connectivity index (χ1v) is 17.1. The van der Waals surface area contributed by atoms with Crippen molar-refractivity contribution in [3.63, 3.8) is 0 Å². The van der Waals surface area contributed by atoms with Crippen LogP contribution >= 0.6 is 46.7 Å². The number of thioether (sulfide) groups is 2. The topological polar surface area (TPSA) is 69.8 Å². The maximum atomic E-state index is 13.1. The fraction of sp³-hybridized carbons (Fsp3) is 0.176. The van der Waals surface area contributed by atoms with E-state index in [9.17, 15) is 22.8 Å². The molecule has 0 bridgehead atoms. The van der Waals surface area contributed by atoms with E-state index in [0.29, 0.717) is 39.0 Å². The fourth-order valence-electron chi connectivity index (χ4n) is 5.94. The predicted molar refractivity (Wildman–Crippen MR) is 183 cm³/mol. The Hall–Kier alpha value is -3.77. The Bertz CT molecular complexity index is 2320. The molecule has 2 aromatic carbocycles. The van der Waals surface area contributed by atoms with Gasteiger partial charge >= 0.3 is 6.18 Å². The molecule has 2 aliphatic rings. The number of nitrogens with zero attached hydrogens (tertiary/aromatic N) is 4. The van der Waals surface area contributed by atoms with Crippen LogP contribution in [0.25, 0.3) is 33.4 Å². The molecule has 0 radical (unpaired) electrons. The SMILES string of the molecule is CC1Cc2c(c3cccnc3n(-c3cccc(C(F)(F)F)c3)c2=O)S1.O=c1c2c(c3cccnc3n1-c1cc(Cl)cc(Cl)c1)SCC2. The molecule has 0 saturated heterocycles. The smallest absolute Gasteiger partial charge is 0.269 e. The summed E-state index contributed by atoms with van der Waals surface area (Å²) in [6.45, 7) is 2.03. The second kappa shape index (κ2) is 12.4. The monoisotopic (exact) mass is 710 g/mol. The van der Waals surface area contributed by atoms with E-state index in [2.05, 4.69) is 9.97 Å². The van der Waals surface area contributed by atoms with Crippen molar-refractivity contribution in [3.05, 3.63) is 127 Å². The molecule has 0 N–H and O–H groups in total. The molecule has 6 nitrogen and oxygen atoms in total. The first-order chi connectivity index (χ1) is 22.5. The van der Waals surface area contributed by atoms with Gasteiger partial charge in [0.1, 0.15) is 11.3 Å². The first-order valence-electron chi connectivity index (χ1n) is 14.5. The van der Waals surface area contributed by atoms with E-state index in [4.69, 9.17) is 23.2 Å². The summed E-state index contributed by atoms with van der Waals surface area (Å²) in [7, 11) is 0. The average Bonchev–Trinajstić information content (AvgIpc) is 3.69. The van der Waals surface area contributed by atoms with Crippen molar-refractivity contribution in [1.29, 1.82) is 0 Å². The quantitative estimate of drug-likeness (QED) is 0.179. The van der Waals surface area contributed by atoms with Crippen LogP contribution in [0.1, 0.15) is 23.6 Å². The maximum absolute atomic E-state index is 13.1. The molecule has 1 unspecified atom stereocenters. The molecule has 0 amide bonds. The summed E-state index contributed by atoms with van der Waals surface area (Å²) in [5, 5.41) is 3.03. The first kappa shape index (κ1) is 31.8. The zero-order valence-electron chi connectivity index (χ0n) is 24.5. The highest BCUT2D eigenvalue weighted by Gasteiger charge is 2.32. The molecule has 13 heteroatoms. The Labute approximate surface area is 284 Å². The minimum atomic E-state index is -4.47. The number of alkyl halides is 3. The number of benzene rings is 2. The van der Waals surface area contributed by atoms with Crippen molar-refractivity contribution in [2.75, 3.05) is 5.75 Å². The van der Waals surface area contributed by atoms with Crippen LogP contribution in [-0.4, -0.2) is 30.1 Å². The van der Waals surface area contributed by atoms with Crippen LogP contribution in [0, 0.1) is 0 Å². The van der Waals surface area contributed by atoms with E-state index < -0.39 is 11.7 Å². The van der Waals surface area contributed by atoms with Gasteiger partial charge in [-0.05, 0) is 73.5 Å². The molecule has 6 heterocycles. The number of rotatable bonds is 2. The highest BCUT2D eigenvalue weighted by atomic mass is 35.5. The zero-order chi connectivity index (χ0) is 33.0. The lowest BCUT2D eigenvalue weighted by Gasteiger charge is -2.14. The van der Waals surface area contributed by atoms with Gasteiger partial charge in [0.25, 0.3) is 11.1 Å². The zero-order valence-corrected chi connectivity index (χ0v) is 27.7. The van der Waals surface area contributed by atoms with Crippen LogP contribution in [0.5, 0.6) is 0 Å². The third kappa shape index (κ3) is 5.83. The van der Waals surface area contributed by atoms with Gasteiger partial charge in [-0.25, -0.2) is 9.97 Å². The Morgan fingerprint density at radius 1 is 0.787 bits per heavy atom. The van der Waals surface area contributed by atoms with Gasteiger partial charge in [0.05, 0.1) is 16.9 Å². The van der Waals surface area contributed by atoms with Crippen molar-refractivity contribution in [2.24, 2.45) is 0 Å². The van der Waals surface area contributed by atoms with Crippen molar-refractivity contribution in [1.82, 2.24) is 19.1 Å². The van der Waals surface area contributed by atoms with Gasteiger partial charge in [-0.3, -0.25) is 18.7 Å². The van der Waals surface area contributed by atoms with Crippen molar-refractivity contribution in [3.8, 4) is 11.4 Å². The minimum Gasteiger partial charge on any atom is -0.269 e. The van der Waals surface area contributed by atoms with Crippen molar-refractivity contribution in [2.45, 2.75) is 41.0 Å². The highest BCUT2D eigenvalue weighted by molar-refractivity contribution is 8.00. The molecular weight excluding hydrogens is 688 g/mol. The Kier molecular flexibility index (Phi) is 8.36. The molecule has 8 rings (SSSR count). The number of hydrogen-bond donors (Lipinski definition) is 0. The van der Waals surface area contributed by atoms with Gasteiger partial charge in [0.2, 0.25) is 0 Å². The molecule has 0 aliphatic carbocycles. The van der Waals surface area contributed by atoms with Crippen LogP contribution in [0.4, 0.5) is 13.2 Å². The van der Waals surface area contributed by atoms with Crippen molar-refractivity contribution >= 4 is 68.8 Å². The second-order valence-corrected chi connectivity index (χ2v) is 14.5. The van der Waals surface area contributed by atoms with E-state index in [1.54, 1.807) is 64.8 Å². The normalized spacial score (nSPS) is 15.4. The summed E-state index contributed by atoms with van der Waals surface area (Å²) >= 11 is 15.5. The van der Waals surface area contributed by atoms with Crippen LogP contribution in [0.3, 0.4) is 0 Å². The Morgan fingerprint density at radius 3 is 2.06 bits per heavy atom. The van der Waals surface area contributed by atoms with Gasteiger partial charge < -0.3 is 0 Å². The van der Waals surface area contributed by atoms with Crippen LogP contribution < -0.4 is 11.1 Å². The van der Waals surface area contributed by atoms with E-state index in [1.165, 1.54) is 16.7 Å². The number of hydrogen-bond acceptors (Lipinski definition) is 6.